The maximum atomic E-state index is 14.6. The molecule has 0 aliphatic heterocycles. The molecule has 3 aromatic rings. The molecule has 0 fully saturated rings. The zero-order chi connectivity index (χ0) is 21.5. The minimum atomic E-state index is -0.230. The molecule has 0 spiro atoms. The molecule has 0 bridgehead atoms. The van der Waals surface area contributed by atoms with Crippen LogP contribution in [0.1, 0.15) is 64.3 Å². The number of rotatable bonds is 3. The lowest BCUT2D eigenvalue weighted by molar-refractivity contribution is 0.619. The maximum Gasteiger partial charge on any atom is 0.139 e. The molecule has 0 saturated heterocycles. The summed E-state index contributed by atoms with van der Waals surface area (Å²) in [7, 11) is 0. The van der Waals surface area contributed by atoms with Crippen LogP contribution in [-0.2, 0) is 6.42 Å². The molecular weight excluding hydrogens is 367 g/mol. The Morgan fingerprint density at radius 1 is 0.733 bits per heavy atom. The van der Waals surface area contributed by atoms with E-state index in [0.29, 0.717) is 5.56 Å². The topological polar surface area (TPSA) is 0 Å². The molecule has 0 aliphatic carbocycles. The van der Waals surface area contributed by atoms with E-state index in [9.17, 15) is 4.39 Å². The van der Waals surface area contributed by atoms with Crippen LogP contribution in [0.15, 0.2) is 54.6 Å². The van der Waals surface area contributed by atoms with Crippen LogP contribution in [0.4, 0.5) is 4.39 Å². The van der Waals surface area contributed by atoms with Crippen molar-refractivity contribution >= 4 is 0 Å². The van der Waals surface area contributed by atoms with E-state index in [0.717, 1.165) is 52.6 Å². The molecule has 1 heteroatoms. The Kier molecular flexibility index (Phi) is 7.11. The van der Waals surface area contributed by atoms with Crippen LogP contribution in [0.3, 0.4) is 0 Å². The molecular formula is C29H27F. The maximum absolute atomic E-state index is 14.6. The van der Waals surface area contributed by atoms with Gasteiger partial charge >= 0.3 is 0 Å². The summed E-state index contributed by atoms with van der Waals surface area (Å²) in [6, 6.07) is 17.8. The molecule has 150 valence electrons. The second-order valence-electron chi connectivity index (χ2n) is 7.77. The molecule has 0 aliphatic rings. The molecule has 0 radical (unpaired) electrons. The molecule has 0 N–H and O–H groups in total. The first kappa shape index (κ1) is 21.4. The van der Waals surface area contributed by atoms with Crippen molar-refractivity contribution < 1.29 is 4.39 Å². The largest absolute Gasteiger partial charge is 0.206 e. The van der Waals surface area contributed by atoms with Gasteiger partial charge in [-0.1, -0.05) is 60.8 Å². The van der Waals surface area contributed by atoms with Crippen molar-refractivity contribution in [3.05, 3.63) is 105 Å². The van der Waals surface area contributed by atoms with Gasteiger partial charge in [0.25, 0.3) is 0 Å². The summed E-state index contributed by atoms with van der Waals surface area (Å²) < 4.78 is 14.6. The Balaban J connectivity index is 1.81. The fourth-order valence-corrected chi connectivity index (χ4v) is 3.29. The van der Waals surface area contributed by atoms with E-state index < -0.39 is 0 Å². The van der Waals surface area contributed by atoms with E-state index in [1.54, 1.807) is 6.07 Å². The average Bonchev–Trinajstić information content (AvgIpc) is 2.72. The third-order valence-corrected chi connectivity index (χ3v) is 5.12. The highest BCUT2D eigenvalue weighted by Crippen LogP contribution is 2.18. The van der Waals surface area contributed by atoms with E-state index in [-0.39, 0.29) is 5.82 Å². The lowest BCUT2D eigenvalue weighted by Gasteiger charge is -2.06. The van der Waals surface area contributed by atoms with Crippen molar-refractivity contribution in [2.75, 3.05) is 0 Å². The molecule has 0 unspecified atom stereocenters. The zero-order valence-electron chi connectivity index (χ0n) is 18.2. The lowest BCUT2D eigenvalue weighted by Crippen LogP contribution is -1.94. The van der Waals surface area contributed by atoms with Crippen LogP contribution in [0, 0.1) is 50.3 Å². The molecule has 0 heterocycles. The summed E-state index contributed by atoms with van der Waals surface area (Å²) in [4.78, 5) is 0. The van der Waals surface area contributed by atoms with E-state index in [4.69, 9.17) is 0 Å². The summed E-state index contributed by atoms with van der Waals surface area (Å²) in [5, 5.41) is 0. The predicted octanol–water partition coefficient (Wildman–Crippen LogP) is 6.89. The lowest BCUT2D eigenvalue weighted by atomic mass is 10.00. The Hall–Kier alpha value is -3.29. The Morgan fingerprint density at radius 3 is 2.10 bits per heavy atom. The summed E-state index contributed by atoms with van der Waals surface area (Å²) in [6.07, 6.45) is 3.08. The van der Waals surface area contributed by atoms with Gasteiger partial charge in [-0.05, 0) is 86.7 Å². The van der Waals surface area contributed by atoms with Crippen molar-refractivity contribution in [3.8, 4) is 23.7 Å². The molecule has 30 heavy (non-hydrogen) atoms. The standard InChI is InChI=1S/C29H27F/c1-5-6-7-26-19-23(4)28(29(30)20-26)17-16-27-15-14-25(18-22(27)3)13-12-24-10-8-21(2)9-11-24/h8-11,14-15,18-20H,5-7H2,1-4H3. The van der Waals surface area contributed by atoms with Gasteiger partial charge in [0.05, 0.1) is 5.56 Å². The van der Waals surface area contributed by atoms with E-state index >= 15 is 0 Å². The number of benzene rings is 3. The number of halogens is 1. The van der Waals surface area contributed by atoms with E-state index in [2.05, 4.69) is 55.7 Å². The van der Waals surface area contributed by atoms with E-state index in [1.165, 1.54) is 5.56 Å². The van der Waals surface area contributed by atoms with Gasteiger partial charge in [-0.25, -0.2) is 4.39 Å². The van der Waals surface area contributed by atoms with Crippen LogP contribution < -0.4 is 0 Å². The quantitative estimate of drug-likeness (QED) is 0.424. The first-order chi connectivity index (χ1) is 14.5. The van der Waals surface area contributed by atoms with Crippen LogP contribution in [0.2, 0.25) is 0 Å². The molecule has 0 amide bonds. The molecule has 3 rings (SSSR count). The third kappa shape index (κ3) is 5.62. The minimum Gasteiger partial charge on any atom is -0.206 e. The van der Waals surface area contributed by atoms with Crippen molar-refractivity contribution in [3.63, 3.8) is 0 Å². The first-order valence-corrected chi connectivity index (χ1v) is 10.5. The Labute approximate surface area is 180 Å². The molecule has 0 aromatic heterocycles. The van der Waals surface area contributed by atoms with Gasteiger partial charge in [-0.2, -0.15) is 0 Å². The van der Waals surface area contributed by atoms with Crippen LogP contribution in [0.25, 0.3) is 0 Å². The minimum absolute atomic E-state index is 0.230. The predicted molar refractivity (Wildman–Crippen MR) is 124 cm³/mol. The second-order valence-corrected chi connectivity index (χ2v) is 7.77. The van der Waals surface area contributed by atoms with Gasteiger partial charge in [0, 0.05) is 16.7 Å². The SMILES string of the molecule is CCCCc1cc(C)c(C#Cc2ccc(C#Cc3ccc(C)cc3)cc2C)c(F)c1. The van der Waals surface area contributed by atoms with Crippen molar-refractivity contribution in [2.45, 2.75) is 47.0 Å². The van der Waals surface area contributed by atoms with Crippen LogP contribution in [0.5, 0.6) is 0 Å². The first-order valence-electron chi connectivity index (χ1n) is 10.5. The summed E-state index contributed by atoms with van der Waals surface area (Å²) in [5.41, 5.74) is 7.52. The normalized spacial score (nSPS) is 10.0. The van der Waals surface area contributed by atoms with Crippen LogP contribution in [-0.4, -0.2) is 0 Å². The Bertz CT molecular complexity index is 1140. The molecule has 3 aromatic carbocycles. The zero-order valence-corrected chi connectivity index (χ0v) is 18.2. The van der Waals surface area contributed by atoms with Crippen molar-refractivity contribution in [2.24, 2.45) is 0 Å². The Morgan fingerprint density at radius 2 is 1.43 bits per heavy atom. The van der Waals surface area contributed by atoms with Gasteiger partial charge in [0.2, 0.25) is 0 Å². The van der Waals surface area contributed by atoms with Crippen molar-refractivity contribution in [1.29, 1.82) is 0 Å². The number of hydrogen-bond acceptors (Lipinski definition) is 0. The van der Waals surface area contributed by atoms with E-state index in [1.807, 2.05) is 44.2 Å². The monoisotopic (exact) mass is 394 g/mol. The number of unbranched alkanes of at least 4 members (excludes halogenated alkanes) is 1. The van der Waals surface area contributed by atoms with Crippen LogP contribution >= 0.6 is 0 Å². The molecule has 0 saturated carbocycles. The van der Waals surface area contributed by atoms with Gasteiger partial charge in [-0.3, -0.25) is 0 Å². The molecule has 0 atom stereocenters. The van der Waals surface area contributed by atoms with Crippen molar-refractivity contribution in [1.82, 2.24) is 0 Å². The number of aryl methyl sites for hydroxylation is 4. The summed E-state index contributed by atoms with van der Waals surface area (Å²) >= 11 is 0. The third-order valence-electron chi connectivity index (χ3n) is 5.12. The molecule has 0 nitrogen and oxygen atoms in total. The van der Waals surface area contributed by atoms with Gasteiger partial charge in [0.15, 0.2) is 0 Å². The van der Waals surface area contributed by atoms with Gasteiger partial charge < -0.3 is 0 Å². The fraction of sp³-hybridized carbons (Fsp3) is 0.241. The van der Waals surface area contributed by atoms with Gasteiger partial charge in [-0.15, -0.1) is 0 Å². The highest BCUT2D eigenvalue weighted by Gasteiger charge is 2.06. The fourth-order valence-electron chi connectivity index (χ4n) is 3.29. The highest BCUT2D eigenvalue weighted by atomic mass is 19.1. The second kappa shape index (κ2) is 9.96. The summed E-state index contributed by atoms with van der Waals surface area (Å²) in [6.45, 7) is 8.15. The highest BCUT2D eigenvalue weighted by molar-refractivity contribution is 5.53. The average molecular weight is 395 g/mol. The van der Waals surface area contributed by atoms with Gasteiger partial charge in [0.1, 0.15) is 5.82 Å². The summed E-state index contributed by atoms with van der Waals surface area (Å²) in [5.74, 6) is 12.4. The number of hydrogen-bond donors (Lipinski definition) is 0. The smallest absolute Gasteiger partial charge is 0.139 e.